The number of pyridine rings is 2. The van der Waals surface area contributed by atoms with E-state index in [1.165, 1.54) is 5.69 Å². The van der Waals surface area contributed by atoms with Gasteiger partial charge in [0, 0.05) is 111 Å². The van der Waals surface area contributed by atoms with Crippen LogP contribution in [0.5, 0.6) is 0 Å². The van der Waals surface area contributed by atoms with Crippen LogP contribution in [0.15, 0.2) is 67.0 Å². The first-order valence-corrected chi connectivity index (χ1v) is 21.3. The SMILES string of the molecule is CC(=O)N1CCc2c(c(-c3cccc4cc(-c5ccc(C(=O)N6CCC(Nc7cccc8c7C(=O)N(C7CCC(=O)NC7=O)C8=O)CC6)nc5)ncc34)nn2C2CCOCC2)C1. The van der Waals surface area contributed by atoms with Gasteiger partial charge in [0.2, 0.25) is 17.7 Å². The van der Waals surface area contributed by atoms with Crippen LogP contribution in [0.25, 0.3) is 33.3 Å². The van der Waals surface area contributed by atoms with Crippen molar-refractivity contribution >= 4 is 51.9 Å². The van der Waals surface area contributed by atoms with Crippen LogP contribution in [0.1, 0.15) is 94.0 Å². The zero-order valence-corrected chi connectivity index (χ0v) is 34.3. The quantitative estimate of drug-likeness (QED) is 0.219. The molecular weight excluding hydrogens is 791 g/mol. The number of imide groups is 2. The lowest BCUT2D eigenvalue weighted by Crippen LogP contribution is -2.54. The summed E-state index contributed by atoms with van der Waals surface area (Å²) >= 11 is 0. The summed E-state index contributed by atoms with van der Waals surface area (Å²) in [5, 5.41) is 12.8. The third-order valence-electron chi connectivity index (χ3n) is 13.0. The van der Waals surface area contributed by atoms with Crippen molar-refractivity contribution in [3.05, 3.63) is 95.1 Å². The molecule has 3 fully saturated rings. The number of amides is 6. The Kier molecular flexibility index (Phi) is 10.1. The van der Waals surface area contributed by atoms with Gasteiger partial charge < -0.3 is 19.9 Å². The van der Waals surface area contributed by atoms with E-state index in [0.717, 1.165) is 63.0 Å². The van der Waals surface area contributed by atoms with Crippen LogP contribution in [0.2, 0.25) is 0 Å². The number of likely N-dealkylation sites (tertiary alicyclic amines) is 1. The molecule has 0 radical (unpaired) electrons. The molecule has 0 aliphatic carbocycles. The lowest BCUT2D eigenvalue weighted by Gasteiger charge is -2.33. The highest BCUT2D eigenvalue weighted by atomic mass is 16.5. The van der Waals surface area contributed by atoms with Crippen LogP contribution in [0, 0.1) is 0 Å². The molecule has 8 heterocycles. The molecule has 5 aromatic rings. The number of anilines is 1. The fourth-order valence-corrected chi connectivity index (χ4v) is 9.61. The number of carbonyl (C=O) groups excluding carboxylic acids is 6. The molecule has 62 heavy (non-hydrogen) atoms. The summed E-state index contributed by atoms with van der Waals surface area (Å²) in [5.41, 5.74) is 6.89. The summed E-state index contributed by atoms with van der Waals surface area (Å²) < 4.78 is 7.85. The second-order valence-corrected chi connectivity index (χ2v) is 16.7. The maximum absolute atomic E-state index is 13.6. The normalized spacial score (nSPS) is 19.8. The molecule has 316 valence electrons. The Morgan fingerprint density at radius 2 is 1.61 bits per heavy atom. The van der Waals surface area contributed by atoms with Gasteiger partial charge in [-0.3, -0.25) is 53.6 Å². The Balaban J connectivity index is 0.815. The van der Waals surface area contributed by atoms with Gasteiger partial charge in [0.25, 0.3) is 17.7 Å². The van der Waals surface area contributed by atoms with Gasteiger partial charge in [0.15, 0.2) is 0 Å². The summed E-state index contributed by atoms with van der Waals surface area (Å²) in [4.78, 5) is 91.3. The molecule has 2 aromatic carbocycles. The predicted octanol–water partition coefficient (Wildman–Crippen LogP) is 4.53. The Bertz CT molecular complexity index is 2680. The van der Waals surface area contributed by atoms with E-state index in [1.54, 1.807) is 42.3 Å². The average molecular weight is 836 g/mol. The van der Waals surface area contributed by atoms with E-state index >= 15 is 0 Å². The number of carbonyl (C=O) groups is 6. The maximum Gasteiger partial charge on any atom is 0.272 e. The second-order valence-electron chi connectivity index (χ2n) is 16.7. The summed E-state index contributed by atoms with van der Waals surface area (Å²) in [5.74, 6) is -2.33. The molecule has 0 spiro atoms. The van der Waals surface area contributed by atoms with Gasteiger partial charge in [-0.05, 0) is 67.8 Å². The van der Waals surface area contributed by atoms with E-state index in [1.807, 2.05) is 29.3 Å². The molecule has 6 amide bonds. The van der Waals surface area contributed by atoms with E-state index in [2.05, 4.69) is 32.4 Å². The molecule has 1 unspecified atom stereocenters. The van der Waals surface area contributed by atoms with E-state index in [0.29, 0.717) is 63.6 Å². The van der Waals surface area contributed by atoms with Crippen molar-refractivity contribution in [3.8, 4) is 22.5 Å². The second kappa shape index (κ2) is 15.9. The van der Waals surface area contributed by atoms with Crippen molar-refractivity contribution in [2.75, 3.05) is 38.2 Å². The molecule has 16 nitrogen and oxygen atoms in total. The van der Waals surface area contributed by atoms with Crippen molar-refractivity contribution < 1.29 is 33.5 Å². The van der Waals surface area contributed by atoms with E-state index in [4.69, 9.17) is 14.8 Å². The van der Waals surface area contributed by atoms with Gasteiger partial charge in [0.1, 0.15) is 11.7 Å². The van der Waals surface area contributed by atoms with Crippen molar-refractivity contribution in [1.82, 2.24) is 39.8 Å². The minimum Gasteiger partial charge on any atom is -0.382 e. The minimum atomic E-state index is -1.04. The third-order valence-corrected chi connectivity index (χ3v) is 13.0. The van der Waals surface area contributed by atoms with Crippen molar-refractivity contribution in [2.24, 2.45) is 0 Å². The highest BCUT2D eigenvalue weighted by Gasteiger charge is 2.46. The van der Waals surface area contributed by atoms with Crippen LogP contribution in [-0.4, -0.2) is 115 Å². The predicted molar refractivity (Wildman–Crippen MR) is 226 cm³/mol. The molecular formula is C46H45N9O7. The van der Waals surface area contributed by atoms with Gasteiger partial charge in [-0.15, -0.1) is 0 Å². The molecule has 5 aliphatic rings. The topological polar surface area (TPSA) is 189 Å². The molecule has 2 N–H and O–H groups in total. The van der Waals surface area contributed by atoms with Crippen LogP contribution >= 0.6 is 0 Å². The van der Waals surface area contributed by atoms with E-state index in [9.17, 15) is 28.8 Å². The molecule has 16 heteroatoms. The third kappa shape index (κ3) is 6.97. The van der Waals surface area contributed by atoms with Crippen molar-refractivity contribution in [1.29, 1.82) is 0 Å². The highest BCUT2D eigenvalue weighted by molar-refractivity contribution is 6.25. The van der Waals surface area contributed by atoms with Gasteiger partial charge in [-0.1, -0.05) is 24.3 Å². The molecule has 1 atom stereocenters. The van der Waals surface area contributed by atoms with Gasteiger partial charge in [-0.2, -0.15) is 5.10 Å². The van der Waals surface area contributed by atoms with Crippen LogP contribution in [-0.2, 0) is 32.1 Å². The zero-order valence-electron chi connectivity index (χ0n) is 34.3. The number of aromatic nitrogens is 4. The molecule has 0 bridgehead atoms. The molecule has 3 aromatic heterocycles. The average Bonchev–Trinajstić information content (AvgIpc) is 3.80. The number of benzene rings is 2. The smallest absolute Gasteiger partial charge is 0.272 e. The summed E-state index contributed by atoms with van der Waals surface area (Å²) in [7, 11) is 0. The van der Waals surface area contributed by atoms with Crippen LogP contribution < -0.4 is 10.6 Å². The Morgan fingerprint density at radius 1 is 0.823 bits per heavy atom. The van der Waals surface area contributed by atoms with Crippen molar-refractivity contribution in [3.63, 3.8) is 0 Å². The van der Waals surface area contributed by atoms with E-state index < -0.39 is 29.7 Å². The molecule has 5 aliphatic heterocycles. The lowest BCUT2D eigenvalue weighted by atomic mass is 9.96. The lowest BCUT2D eigenvalue weighted by molar-refractivity contribution is -0.136. The highest BCUT2D eigenvalue weighted by Crippen LogP contribution is 2.38. The zero-order chi connectivity index (χ0) is 42.6. The Morgan fingerprint density at radius 3 is 2.37 bits per heavy atom. The molecule has 10 rings (SSSR count). The fourth-order valence-electron chi connectivity index (χ4n) is 9.61. The number of piperidine rings is 2. The van der Waals surface area contributed by atoms with Gasteiger partial charge in [-0.25, -0.2) is 0 Å². The number of rotatable bonds is 7. The molecule has 0 saturated carbocycles. The van der Waals surface area contributed by atoms with Crippen LogP contribution in [0.4, 0.5) is 5.69 Å². The number of fused-ring (bicyclic) bond motifs is 3. The number of nitrogens with one attached hydrogen (secondary N) is 2. The minimum absolute atomic E-state index is 0.0487. The van der Waals surface area contributed by atoms with Crippen LogP contribution in [0.3, 0.4) is 0 Å². The Labute approximate surface area is 356 Å². The summed E-state index contributed by atoms with van der Waals surface area (Å²) in [6, 6.07) is 15.9. The summed E-state index contributed by atoms with van der Waals surface area (Å²) in [6.07, 6.45) is 7.44. The maximum atomic E-state index is 13.6. The van der Waals surface area contributed by atoms with Crippen molar-refractivity contribution in [2.45, 2.75) is 76.5 Å². The first kappa shape index (κ1) is 39.3. The number of hydrogen-bond acceptors (Lipinski definition) is 11. The van der Waals surface area contributed by atoms with Gasteiger partial charge in [0.05, 0.1) is 28.6 Å². The first-order valence-electron chi connectivity index (χ1n) is 21.3. The Hall–Kier alpha value is -6.81. The number of ether oxygens (including phenoxy) is 1. The monoisotopic (exact) mass is 835 g/mol. The largest absolute Gasteiger partial charge is 0.382 e. The number of nitrogens with zero attached hydrogens (tertiary/aromatic N) is 7. The van der Waals surface area contributed by atoms with E-state index in [-0.39, 0.29) is 47.9 Å². The standard InChI is InChI=1S/C46H45N9O7/c1-26(56)53-19-14-38-34(25-53)42(51-55(38)30-15-20-62-21-16-30)31-5-2-4-27-22-37(48-24-33(27)31)28-8-9-36(47-23-28)45(60)52-17-12-29(13-18-52)49-35-7-3-6-32-41(35)46(61)54(44(32)59)39-10-11-40(57)50-43(39)58/h2-9,22-24,29-30,39,49H,10-21,25H2,1H3,(H,50,57,58). The fraction of sp³-hybridized carbons (Fsp3) is 0.370. The summed E-state index contributed by atoms with van der Waals surface area (Å²) in [6.45, 7) is 5.15. The number of hydrogen-bond donors (Lipinski definition) is 2. The molecule has 3 saturated heterocycles. The first-order chi connectivity index (χ1) is 30.1. The van der Waals surface area contributed by atoms with Gasteiger partial charge >= 0.3 is 0 Å².